The lowest BCUT2D eigenvalue weighted by Crippen LogP contribution is -2.38. The molecule has 1 fully saturated rings. The van der Waals surface area contributed by atoms with Crippen LogP contribution in [0.15, 0.2) is 83.8 Å². The standard InChI is InChI=1S/C33H38ClN5O3S/c1-23-5-13-28(14-6-23)39-31(22-30(37-39)33(2,3)4)36-32(40)35-27-11-7-24(8-12-27)21-25-17-19-38(20-18-25)43(41,42)29-15-9-26(34)10-16-29/h5-16,22,25H,17-21H2,1-4H3,(H2,35,36,40). The number of halogens is 1. The van der Waals surface area contributed by atoms with Crippen molar-refractivity contribution in [3.63, 3.8) is 0 Å². The predicted octanol–water partition coefficient (Wildman–Crippen LogP) is 7.42. The molecule has 0 atom stereocenters. The fourth-order valence-electron chi connectivity index (χ4n) is 5.16. The molecule has 10 heteroatoms. The Kier molecular flexibility index (Phi) is 8.96. The normalized spacial score (nSPS) is 14.9. The summed E-state index contributed by atoms with van der Waals surface area (Å²) in [5, 5.41) is 11.2. The van der Waals surface area contributed by atoms with Gasteiger partial charge in [0.15, 0.2) is 0 Å². The molecular weight excluding hydrogens is 582 g/mol. The number of carbonyl (C=O) groups excluding carboxylic acids is 1. The monoisotopic (exact) mass is 619 g/mol. The zero-order valence-corrected chi connectivity index (χ0v) is 26.5. The van der Waals surface area contributed by atoms with Crippen molar-refractivity contribution < 1.29 is 13.2 Å². The third-order valence-electron chi connectivity index (χ3n) is 7.76. The van der Waals surface area contributed by atoms with Crippen LogP contribution < -0.4 is 10.6 Å². The molecule has 1 aliphatic rings. The molecule has 226 valence electrons. The maximum absolute atomic E-state index is 13.0. The van der Waals surface area contributed by atoms with Gasteiger partial charge in [0.1, 0.15) is 5.82 Å². The minimum atomic E-state index is -3.52. The van der Waals surface area contributed by atoms with E-state index >= 15 is 0 Å². The first-order valence-electron chi connectivity index (χ1n) is 14.5. The number of aryl methyl sites for hydroxylation is 1. The highest BCUT2D eigenvalue weighted by Gasteiger charge is 2.29. The summed E-state index contributed by atoms with van der Waals surface area (Å²) in [5.41, 5.74) is 4.55. The summed E-state index contributed by atoms with van der Waals surface area (Å²) in [6.45, 7) is 9.29. The zero-order chi connectivity index (χ0) is 30.8. The second kappa shape index (κ2) is 12.5. The Morgan fingerprint density at radius 3 is 2.16 bits per heavy atom. The highest BCUT2D eigenvalue weighted by molar-refractivity contribution is 7.89. The predicted molar refractivity (Wildman–Crippen MR) is 173 cm³/mol. The largest absolute Gasteiger partial charge is 0.324 e. The molecule has 0 unspecified atom stereocenters. The number of sulfonamides is 1. The molecule has 3 aromatic carbocycles. The summed E-state index contributed by atoms with van der Waals surface area (Å²) >= 11 is 5.92. The summed E-state index contributed by atoms with van der Waals surface area (Å²) in [6.07, 6.45) is 2.44. The van der Waals surface area contributed by atoms with Gasteiger partial charge in [-0.1, -0.05) is 62.2 Å². The number of rotatable bonds is 7. The van der Waals surface area contributed by atoms with Gasteiger partial charge in [0.2, 0.25) is 10.0 Å². The van der Waals surface area contributed by atoms with Crippen molar-refractivity contribution in [2.45, 2.75) is 57.3 Å². The average Bonchev–Trinajstić information content (AvgIpc) is 3.39. The summed E-state index contributed by atoms with van der Waals surface area (Å²) in [5.74, 6) is 0.977. The van der Waals surface area contributed by atoms with Crippen LogP contribution in [-0.2, 0) is 21.9 Å². The van der Waals surface area contributed by atoms with E-state index in [-0.39, 0.29) is 16.3 Å². The molecule has 0 saturated carbocycles. The van der Waals surface area contributed by atoms with E-state index in [4.69, 9.17) is 16.7 Å². The molecule has 4 aromatic rings. The quantitative estimate of drug-likeness (QED) is 0.225. The van der Waals surface area contributed by atoms with Crippen LogP contribution in [0.25, 0.3) is 5.69 Å². The van der Waals surface area contributed by atoms with Gasteiger partial charge in [0, 0.05) is 35.3 Å². The molecule has 1 saturated heterocycles. The maximum Gasteiger partial charge on any atom is 0.324 e. The van der Waals surface area contributed by atoms with Gasteiger partial charge in [-0.2, -0.15) is 9.40 Å². The Labute approximate surface area is 259 Å². The number of nitrogens with one attached hydrogen (secondary N) is 2. The molecule has 1 aromatic heterocycles. The van der Waals surface area contributed by atoms with Crippen LogP contribution in [0.3, 0.4) is 0 Å². The van der Waals surface area contributed by atoms with Crippen molar-refractivity contribution in [2.75, 3.05) is 23.7 Å². The lowest BCUT2D eigenvalue weighted by molar-refractivity contribution is 0.262. The third-order valence-corrected chi connectivity index (χ3v) is 9.92. The minimum absolute atomic E-state index is 0.180. The van der Waals surface area contributed by atoms with E-state index in [1.807, 2.05) is 61.5 Å². The number of anilines is 2. The van der Waals surface area contributed by atoms with E-state index in [0.717, 1.165) is 41.8 Å². The molecule has 0 radical (unpaired) electrons. The highest BCUT2D eigenvalue weighted by atomic mass is 35.5. The molecule has 1 aliphatic heterocycles. The van der Waals surface area contributed by atoms with Crippen LogP contribution in [0, 0.1) is 12.8 Å². The van der Waals surface area contributed by atoms with E-state index in [2.05, 4.69) is 31.4 Å². The summed E-state index contributed by atoms with van der Waals surface area (Å²) < 4.78 is 29.3. The first-order valence-corrected chi connectivity index (χ1v) is 16.3. The van der Waals surface area contributed by atoms with Crippen molar-refractivity contribution in [1.82, 2.24) is 14.1 Å². The number of nitrogens with zero attached hydrogens (tertiary/aromatic N) is 3. The zero-order valence-electron chi connectivity index (χ0n) is 25.0. The van der Waals surface area contributed by atoms with Gasteiger partial charge in [-0.15, -0.1) is 0 Å². The minimum Gasteiger partial charge on any atom is -0.308 e. The second-order valence-corrected chi connectivity index (χ2v) is 14.6. The van der Waals surface area contributed by atoms with Crippen molar-refractivity contribution in [2.24, 2.45) is 5.92 Å². The van der Waals surface area contributed by atoms with Crippen LogP contribution >= 0.6 is 11.6 Å². The van der Waals surface area contributed by atoms with Crippen molar-refractivity contribution in [3.8, 4) is 5.69 Å². The number of hydrogen-bond acceptors (Lipinski definition) is 4. The molecule has 8 nitrogen and oxygen atoms in total. The highest BCUT2D eigenvalue weighted by Crippen LogP contribution is 2.28. The SMILES string of the molecule is Cc1ccc(-n2nc(C(C)(C)C)cc2NC(=O)Nc2ccc(CC3CCN(S(=O)(=O)c4ccc(Cl)cc4)CC3)cc2)cc1. The van der Waals surface area contributed by atoms with Crippen LogP contribution in [0.4, 0.5) is 16.3 Å². The van der Waals surface area contributed by atoms with Gasteiger partial charge in [0.25, 0.3) is 0 Å². The lowest BCUT2D eigenvalue weighted by Gasteiger charge is -2.31. The number of urea groups is 1. The number of carbonyl (C=O) groups is 1. The Hall–Kier alpha value is -3.66. The van der Waals surface area contributed by atoms with Gasteiger partial charge >= 0.3 is 6.03 Å². The first kappa shape index (κ1) is 30.8. The van der Waals surface area contributed by atoms with Gasteiger partial charge in [0.05, 0.1) is 16.3 Å². The molecule has 0 bridgehead atoms. The fraction of sp³-hybridized carbons (Fsp3) is 0.333. The molecule has 0 spiro atoms. The van der Waals surface area contributed by atoms with Gasteiger partial charge in [-0.05, 0) is 86.2 Å². The Morgan fingerprint density at radius 2 is 1.56 bits per heavy atom. The summed E-state index contributed by atoms with van der Waals surface area (Å²) in [6, 6.07) is 23.7. The molecule has 2 amide bonds. The number of hydrogen-bond donors (Lipinski definition) is 2. The summed E-state index contributed by atoms with van der Waals surface area (Å²) in [7, 11) is -3.52. The fourth-order valence-corrected chi connectivity index (χ4v) is 6.76. The van der Waals surface area contributed by atoms with Gasteiger partial charge in [-0.25, -0.2) is 17.9 Å². The number of aromatic nitrogens is 2. The van der Waals surface area contributed by atoms with Crippen LogP contribution in [0.2, 0.25) is 5.02 Å². The van der Waals surface area contributed by atoms with Crippen LogP contribution in [0.1, 0.15) is 50.4 Å². The van der Waals surface area contributed by atoms with Gasteiger partial charge < -0.3 is 5.32 Å². The van der Waals surface area contributed by atoms with Crippen molar-refractivity contribution in [1.29, 1.82) is 0 Å². The van der Waals surface area contributed by atoms with E-state index in [9.17, 15) is 13.2 Å². The van der Waals surface area contributed by atoms with Crippen LogP contribution in [0.5, 0.6) is 0 Å². The Morgan fingerprint density at radius 1 is 0.930 bits per heavy atom. The topological polar surface area (TPSA) is 96.3 Å². The number of amides is 2. The molecule has 43 heavy (non-hydrogen) atoms. The third kappa shape index (κ3) is 7.47. The maximum atomic E-state index is 13.0. The molecule has 5 rings (SSSR count). The molecule has 2 heterocycles. The Bertz CT molecular complexity index is 1670. The van der Waals surface area contributed by atoms with Crippen LogP contribution in [-0.4, -0.2) is 41.6 Å². The van der Waals surface area contributed by atoms with E-state index < -0.39 is 10.0 Å². The molecular formula is C33H38ClN5O3S. The van der Waals surface area contributed by atoms with Crippen molar-refractivity contribution in [3.05, 3.63) is 101 Å². The van der Waals surface area contributed by atoms with E-state index in [1.54, 1.807) is 33.3 Å². The smallest absolute Gasteiger partial charge is 0.308 e. The lowest BCUT2D eigenvalue weighted by atomic mass is 9.91. The van der Waals surface area contributed by atoms with Gasteiger partial charge in [-0.3, -0.25) is 5.32 Å². The average molecular weight is 620 g/mol. The second-order valence-electron chi connectivity index (χ2n) is 12.2. The van der Waals surface area contributed by atoms with Crippen molar-refractivity contribution >= 4 is 39.2 Å². The molecule has 2 N–H and O–H groups in total. The first-order chi connectivity index (χ1) is 20.4. The van der Waals surface area contributed by atoms with E-state index in [1.165, 1.54) is 0 Å². The molecule has 0 aliphatic carbocycles. The number of benzene rings is 3. The van der Waals surface area contributed by atoms with E-state index in [0.29, 0.717) is 35.5 Å². The summed E-state index contributed by atoms with van der Waals surface area (Å²) in [4.78, 5) is 13.3. The number of piperidine rings is 1. The Balaban J connectivity index is 1.17.